The van der Waals surface area contributed by atoms with Crippen LogP contribution in [0.25, 0.3) is 0 Å². The van der Waals surface area contributed by atoms with Crippen LogP contribution in [0.4, 0.5) is 0 Å². The van der Waals surface area contributed by atoms with Crippen LogP contribution in [-0.2, 0) is 23.1 Å². The number of unbranched alkanes of at least 4 members (excludes halogenated alkanes) is 5. The maximum absolute atomic E-state index is 12.2. The van der Waals surface area contributed by atoms with Crippen LogP contribution < -0.4 is 0 Å². The van der Waals surface area contributed by atoms with Gasteiger partial charge in [0.15, 0.2) is 0 Å². The number of rotatable bonds is 21. The van der Waals surface area contributed by atoms with E-state index in [2.05, 4.69) is 64.2 Å². The Labute approximate surface area is 214 Å². The Balaban J connectivity index is 3.66. The zero-order chi connectivity index (χ0) is 26.4. The maximum atomic E-state index is 12.2. The number of esters is 1. The van der Waals surface area contributed by atoms with Crippen LogP contribution in [0, 0.1) is 5.41 Å². The minimum Gasteiger partial charge on any atom is -0.463 e. The molecule has 2 atom stereocenters. The number of aliphatic hydroxyl groups excluding tert-OH is 1. The SMILES string of the molecule is CC/C=C\C/C=C\C/C=C\CCCCCCCC(=O)OC[C@@H](O)COP(C)(=O)OCCC(C)(C)C. The fraction of sp³-hybridized carbons (Fsp3) is 0.750. The average Bonchev–Trinajstić information content (AvgIpc) is 2.78. The topological polar surface area (TPSA) is 82.1 Å². The molecule has 204 valence electrons. The van der Waals surface area contributed by atoms with Crippen LogP contribution in [0.3, 0.4) is 0 Å². The van der Waals surface area contributed by atoms with Crippen molar-refractivity contribution in [3.63, 3.8) is 0 Å². The predicted molar refractivity (Wildman–Crippen MR) is 146 cm³/mol. The molecule has 0 aromatic heterocycles. The number of hydrogen-bond donors (Lipinski definition) is 1. The Hall–Kier alpha value is -1.20. The van der Waals surface area contributed by atoms with Gasteiger partial charge in [-0.05, 0) is 50.4 Å². The van der Waals surface area contributed by atoms with Gasteiger partial charge in [0.1, 0.15) is 12.7 Å². The van der Waals surface area contributed by atoms with E-state index >= 15 is 0 Å². The van der Waals surface area contributed by atoms with Crippen molar-refractivity contribution in [2.75, 3.05) is 26.5 Å². The van der Waals surface area contributed by atoms with E-state index in [1.807, 2.05) is 0 Å². The smallest absolute Gasteiger partial charge is 0.327 e. The summed E-state index contributed by atoms with van der Waals surface area (Å²) in [6, 6.07) is 0. The van der Waals surface area contributed by atoms with Crippen LogP contribution in [-0.4, -0.2) is 43.7 Å². The third kappa shape index (κ3) is 25.7. The Bertz CT molecular complexity index is 663. The summed E-state index contributed by atoms with van der Waals surface area (Å²) >= 11 is 0. The molecule has 7 heteroatoms. The molecule has 0 saturated heterocycles. The number of aliphatic hydroxyl groups is 1. The molecule has 0 aromatic carbocycles. The first-order valence-electron chi connectivity index (χ1n) is 13.2. The largest absolute Gasteiger partial charge is 0.463 e. The van der Waals surface area contributed by atoms with Gasteiger partial charge in [0.2, 0.25) is 0 Å². The van der Waals surface area contributed by atoms with Gasteiger partial charge in [-0.3, -0.25) is 9.36 Å². The molecule has 0 aromatic rings. The molecule has 0 aliphatic rings. The molecule has 0 aliphatic heterocycles. The van der Waals surface area contributed by atoms with Crippen molar-refractivity contribution < 1.29 is 28.3 Å². The van der Waals surface area contributed by atoms with Gasteiger partial charge in [0.05, 0.1) is 13.2 Å². The molecule has 0 aliphatic carbocycles. The molecule has 0 radical (unpaired) electrons. The van der Waals surface area contributed by atoms with Crippen molar-refractivity contribution in [2.45, 2.75) is 104 Å². The molecule has 0 spiro atoms. The number of ether oxygens (including phenoxy) is 1. The van der Waals surface area contributed by atoms with Gasteiger partial charge in [-0.15, -0.1) is 0 Å². The van der Waals surface area contributed by atoms with Crippen molar-refractivity contribution >= 4 is 13.6 Å². The van der Waals surface area contributed by atoms with Gasteiger partial charge in [0.25, 0.3) is 0 Å². The summed E-state index contributed by atoms with van der Waals surface area (Å²) < 4.78 is 27.9. The molecule has 0 fully saturated rings. The van der Waals surface area contributed by atoms with E-state index in [4.69, 9.17) is 13.8 Å². The molecule has 0 amide bonds. The van der Waals surface area contributed by atoms with Gasteiger partial charge in [-0.2, -0.15) is 0 Å². The summed E-state index contributed by atoms with van der Waals surface area (Å²) in [5.41, 5.74) is 0.0776. The van der Waals surface area contributed by atoms with Crippen molar-refractivity contribution in [1.82, 2.24) is 0 Å². The van der Waals surface area contributed by atoms with Gasteiger partial charge in [0, 0.05) is 13.1 Å². The van der Waals surface area contributed by atoms with Gasteiger partial charge < -0.3 is 18.9 Å². The highest BCUT2D eigenvalue weighted by Crippen LogP contribution is 2.44. The highest BCUT2D eigenvalue weighted by atomic mass is 31.2. The Morgan fingerprint density at radius 1 is 0.886 bits per heavy atom. The van der Waals surface area contributed by atoms with E-state index in [1.54, 1.807) is 0 Å². The van der Waals surface area contributed by atoms with Crippen LogP contribution in [0.15, 0.2) is 36.5 Å². The van der Waals surface area contributed by atoms with E-state index in [-0.39, 0.29) is 24.6 Å². The minimum absolute atomic E-state index is 0.0776. The maximum Gasteiger partial charge on any atom is 0.327 e. The van der Waals surface area contributed by atoms with E-state index in [1.165, 1.54) is 6.66 Å². The number of carbonyl (C=O) groups excluding carboxylic acids is 1. The predicted octanol–water partition coefficient (Wildman–Crippen LogP) is 7.77. The summed E-state index contributed by atoms with van der Waals surface area (Å²) in [6.07, 6.45) is 22.7. The number of hydrogen-bond acceptors (Lipinski definition) is 6. The normalized spacial score (nSPS) is 15.3. The van der Waals surface area contributed by atoms with Gasteiger partial charge >= 0.3 is 13.6 Å². The summed E-state index contributed by atoms with van der Waals surface area (Å²) in [7, 11) is -3.24. The molecule has 1 unspecified atom stereocenters. The Morgan fingerprint density at radius 3 is 2.14 bits per heavy atom. The van der Waals surface area contributed by atoms with Crippen LogP contribution >= 0.6 is 7.60 Å². The van der Waals surface area contributed by atoms with Crippen molar-refractivity contribution in [1.29, 1.82) is 0 Å². The molecular weight excluding hydrogens is 463 g/mol. The second-order valence-corrected chi connectivity index (χ2v) is 12.2. The number of allylic oxidation sites excluding steroid dienone is 6. The quantitative estimate of drug-likeness (QED) is 0.0729. The lowest BCUT2D eigenvalue weighted by molar-refractivity contribution is -0.147. The second-order valence-electron chi connectivity index (χ2n) is 10.1. The van der Waals surface area contributed by atoms with Crippen molar-refractivity contribution in [3.05, 3.63) is 36.5 Å². The third-order valence-corrected chi connectivity index (χ3v) is 6.42. The van der Waals surface area contributed by atoms with E-state index in [0.29, 0.717) is 13.0 Å². The molecule has 0 saturated carbocycles. The summed E-state index contributed by atoms with van der Waals surface area (Å²) in [5, 5.41) is 9.93. The molecule has 6 nitrogen and oxygen atoms in total. The lowest BCUT2D eigenvalue weighted by atomic mass is 9.93. The van der Waals surface area contributed by atoms with E-state index in [0.717, 1.165) is 64.2 Å². The standard InChI is InChI=1S/C28H51O6P/c1-6-7-8-9-10-11-12-13-14-15-16-17-18-19-20-21-27(30)32-24-26(29)25-34-35(5,31)33-23-22-28(2,3)4/h7-8,10-11,13-14,26,29H,6,9,12,15-25H2,1-5H3/b8-7-,11-10-,14-13-/t26-,35?/m1/s1. The van der Waals surface area contributed by atoms with Crippen molar-refractivity contribution in [3.8, 4) is 0 Å². The summed E-state index contributed by atoms with van der Waals surface area (Å²) in [4.78, 5) is 11.8. The summed E-state index contributed by atoms with van der Waals surface area (Å²) in [6.45, 7) is 9.71. The molecule has 35 heavy (non-hydrogen) atoms. The zero-order valence-corrected chi connectivity index (χ0v) is 23.8. The zero-order valence-electron chi connectivity index (χ0n) is 22.9. The van der Waals surface area contributed by atoms with Crippen LogP contribution in [0.2, 0.25) is 0 Å². The lowest BCUT2D eigenvalue weighted by Crippen LogP contribution is -2.23. The fourth-order valence-electron chi connectivity index (χ4n) is 2.97. The summed E-state index contributed by atoms with van der Waals surface area (Å²) in [5.74, 6) is -0.327. The second kappa shape index (κ2) is 20.9. The van der Waals surface area contributed by atoms with E-state index < -0.39 is 13.7 Å². The molecule has 0 rings (SSSR count). The molecule has 1 N–H and O–H groups in total. The molecule has 0 heterocycles. The highest BCUT2D eigenvalue weighted by Gasteiger charge is 2.21. The number of carbonyl (C=O) groups is 1. The van der Waals surface area contributed by atoms with Gasteiger partial charge in [-0.1, -0.05) is 83.4 Å². The highest BCUT2D eigenvalue weighted by molar-refractivity contribution is 7.52. The molecular formula is C28H51O6P. The Kier molecular flexibility index (Phi) is 20.2. The molecule has 0 bridgehead atoms. The van der Waals surface area contributed by atoms with Crippen molar-refractivity contribution in [2.24, 2.45) is 5.41 Å². The average molecular weight is 515 g/mol. The van der Waals surface area contributed by atoms with E-state index in [9.17, 15) is 14.5 Å². The first kappa shape index (κ1) is 33.8. The first-order valence-corrected chi connectivity index (χ1v) is 15.2. The first-order chi connectivity index (χ1) is 16.6. The van der Waals surface area contributed by atoms with Crippen LogP contribution in [0.5, 0.6) is 0 Å². The third-order valence-electron chi connectivity index (χ3n) is 5.15. The Morgan fingerprint density at radius 2 is 1.49 bits per heavy atom. The van der Waals surface area contributed by atoms with Gasteiger partial charge in [-0.25, -0.2) is 0 Å². The fourth-order valence-corrected chi connectivity index (χ4v) is 3.91. The lowest BCUT2D eigenvalue weighted by Gasteiger charge is -2.21. The van der Waals surface area contributed by atoms with Crippen LogP contribution in [0.1, 0.15) is 98.3 Å². The minimum atomic E-state index is -3.24. The monoisotopic (exact) mass is 514 g/mol.